The third-order valence-electron chi connectivity index (χ3n) is 5.83. The van der Waals surface area contributed by atoms with E-state index in [-0.39, 0.29) is 29.6 Å². The van der Waals surface area contributed by atoms with E-state index >= 15 is 0 Å². The predicted molar refractivity (Wildman–Crippen MR) is 124 cm³/mol. The summed E-state index contributed by atoms with van der Waals surface area (Å²) in [6, 6.07) is 22.6. The van der Waals surface area contributed by atoms with E-state index in [1.807, 2.05) is 60.7 Å². The Kier molecular flexibility index (Phi) is 5.65. The van der Waals surface area contributed by atoms with Crippen LogP contribution in [-0.2, 0) is 16.6 Å². The molecule has 0 aliphatic carbocycles. The van der Waals surface area contributed by atoms with Crippen molar-refractivity contribution in [2.24, 2.45) is 0 Å². The minimum absolute atomic E-state index is 0.235. The van der Waals surface area contributed by atoms with Crippen LogP contribution in [0.25, 0.3) is 10.8 Å². The minimum atomic E-state index is -3.63. The van der Waals surface area contributed by atoms with Gasteiger partial charge in [0.1, 0.15) is 0 Å². The van der Waals surface area contributed by atoms with Gasteiger partial charge in [0.15, 0.2) is 5.69 Å². The zero-order valence-corrected chi connectivity index (χ0v) is 18.7. The van der Waals surface area contributed by atoms with E-state index in [0.717, 1.165) is 16.3 Å². The average molecular weight is 462 g/mol. The van der Waals surface area contributed by atoms with Gasteiger partial charge < -0.3 is 4.90 Å². The molecule has 1 aromatic heterocycles. The number of fused-ring (bicyclic) bond motifs is 1. The predicted octanol–water partition coefficient (Wildman–Crippen LogP) is 2.63. The number of hydrogen-bond acceptors (Lipinski definition) is 5. The Morgan fingerprint density at radius 3 is 2.30 bits per heavy atom. The van der Waals surface area contributed by atoms with Gasteiger partial charge in [0.05, 0.1) is 17.6 Å². The molecule has 8 nitrogen and oxygen atoms in total. The number of benzene rings is 3. The minimum Gasteiger partial charge on any atom is -0.335 e. The number of rotatable bonds is 5. The summed E-state index contributed by atoms with van der Waals surface area (Å²) in [7, 11) is -3.63. The van der Waals surface area contributed by atoms with Crippen molar-refractivity contribution in [3.8, 4) is 0 Å². The first-order chi connectivity index (χ1) is 16.0. The van der Waals surface area contributed by atoms with Crippen LogP contribution in [0.4, 0.5) is 0 Å². The van der Waals surface area contributed by atoms with Gasteiger partial charge in [0, 0.05) is 26.2 Å². The van der Waals surface area contributed by atoms with E-state index in [9.17, 15) is 13.2 Å². The lowest BCUT2D eigenvalue weighted by Crippen LogP contribution is -2.50. The highest BCUT2D eigenvalue weighted by atomic mass is 32.2. The Morgan fingerprint density at radius 1 is 0.848 bits per heavy atom. The van der Waals surface area contributed by atoms with Gasteiger partial charge in [-0.2, -0.15) is 4.31 Å². The summed E-state index contributed by atoms with van der Waals surface area (Å²) in [4.78, 5) is 14.8. The quantitative estimate of drug-likeness (QED) is 0.456. The van der Waals surface area contributed by atoms with Gasteiger partial charge in [-0.25, -0.2) is 13.1 Å². The van der Waals surface area contributed by atoms with E-state index in [1.54, 1.807) is 27.9 Å². The number of piperazine rings is 1. The molecule has 9 heteroatoms. The van der Waals surface area contributed by atoms with Crippen LogP contribution in [-0.4, -0.2) is 64.7 Å². The highest BCUT2D eigenvalue weighted by Crippen LogP contribution is 2.23. The number of amides is 1. The second-order valence-electron chi connectivity index (χ2n) is 7.99. The molecule has 4 aromatic rings. The zero-order valence-electron chi connectivity index (χ0n) is 17.9. The van der Waals surface area contributed by atoms with E-state index in [4.69, 9.17) is 0 Å². The van der Waals surface area contributed by atoms with Gasteiger partial charge >= 0.3 is 0 Å². The molecule has 2 heterocycles. The fraction of sp³-hybridized carbons (Fsp3) is 0.208. The third-order valence-corrected chi connectivity index (χ3v) is 7.72. The molecule has 1 aliphatic rings. The first kappa shape index (κ1) is 21.3. The summed E-state index contributed by atoms with van der Waals surface area (Å²) < 4.78 is 29.4. The van der Waals surface area contributed by atoms with Gasteiger partial charge in [0.2, 0.25) is 10.0 Å². The topological polar surface area (TPSA) is 88.4 Å². The molecule has 33 heavy (non-hydrogen) atoms. The van der Waals surface area contributed by atoms with Gasteiger partial charge in [-0.05, 0) is 28.5 Å². The van der Waals surface area contributed by atoms with E-state index in [0.29, 0.717) is 19.6 Å². The molecule has 0 saturated carbocycles. The summed E-state index contributed by atoms with van der Waals surface area (Å²) in [5.74, 6) is -0.239. The molecule has 1 saturated heterocycles. The second kappa shape index (κ2) is 8.76. The van der Waals surface area contributed by atoms with Gasteiger partial charge in [-0.1, -0.05) is 65.9 Å². The van der Waals surface area contributed by atoms with Crippen LogP contribution in [0.5, 0.6) is 0 Å². The zero-order chi connectivity index (χ0) is 22.8. The number of nitrogens with zero attached hydrogens (tertiary/aromatic N) is 5. The van der Waals surface area contributed by atoms with Crippen LogP contribution in [0.15, 0.2) is 83.9 Å². The van der Waals surface area contributed by atoms with E-state index in [1.165, 1.54) is 4.31 Å². The first-order valence-corrected chi connectivity index (χ1v) is 12.2. The van der Waals surface area contributed by atoms with Crippen molar-refractivity contribution in [1.82, 2.24) is 24.2 Å². The smallest absolute Gasteiger partial charge is 0.276 e. The molecule has 0 bridgehead atoms. The SMILES string of the molecule is O=C(c1cn(Cc2ccccc2)nn1)N1CCN(S(=O)(=O)c2ccc3ccccc3c2)CC1. The van der Waals surface area contributed by atoms with Crippen molar-refractivity contribution < 1.29 is 13.2 Å². The summed E-state index contributed by atoms with van der Waals surface area (Å²) in [6.45, 7) is 1.60. The summed E-state index contributed by atoms with van der Waals surface area (Å²) in [5.41, 5.74) is 1.32. The maximum atomic E-state index is 13.2. The Balaban J connectivity index is 1.24. The number of aromatic nitrogens is 3. The van der Waals surface area contributed by atoms with Crippen LogP contribution in [0.1, 0.15) is 16.1 Å². The normalized spacial score (nSPS) is 15.1. The van der Waals surface area contributed by atoms with Crippen LogP contribution in [0, 0.1) is 0 Å². The Labute approximate surface area is 192 Å². The largest absolute Gasteiger partial charge is 0.335 e. The lowest BCUT2D eigenvalue weighted by molar-refractivity contribution is 0.0692. The fourth-order valence-corrected chi connectivity index (χ4v) is 5.47. The Bertz CT molecular complexity index is 1390. The number of hydrogen-bond donors (Lipinski definition) is 0. The van der Waals surface area contributed by atoms with Crippen molar-refractivity contribution in [2.75, 3.05) is 26.2 Å². The summed E-state index contributed by atoms with van der Waals surface area (Å²) >= 11 is 0. The molecule has 0 N–H and O–H groups in total. The molecule has 0 spiro atoms. The first-order valence-electron chi connectivity index (χ1n) is 10.7. The van der Waals surface area contributed by atoms with E-state index in [2.05, 4.69) is 10.3 Å². The van der Waals surface area contributed by atoms with Crippen molar-refractivity contribution in [1.29, 1.82) is 0 Å². The van der Waals surface area contributed by atoms with Gasteiger partial charge in [-0.3, -0.25) is 4.79 Å². The molecule has 3 aromatic carbocycles. The lowest BCUT2D eigenvalue weighted by Gasteiger charge is -2.33. The van der Waals surface area contributed by atoms with E-state index < -0.39 is 10.0 Å². The monoisotopic (exact) mass is 461 g/mol. The second-order valence-corrected chi connectivity index (χ2v) is 9.93. The van der Waals surface area contributed by atoms with Crippen LogP contribution in [0.2, 0.25) is 0 Å². The molecule has 0 atom stereocenters. The van der Waals surface area contributed by atoms with Crippen LogP contribution in [0.3, 0.4) is 0 Å². The van der Waals surface area contributed by atoms with Crippen molar-refractivity contribution in [3.05, 3.63) is 90.3 Å². The molecule has 1 amide bonds. The highest BCUT2D eigenvalue weighted by Gasteiger charge is 2.31. The van der Waals surface area contributed by atoms with Crippen molar-refractivity contribution in [2.45, 2.75) is 11.4 Å². The Morgan fingerprint density at radius 2 is 1.55 bits per heavy atom. The number of carbonyl (C=O) groups is 1. The van der Waals surface area contributed by atoms with Crippen LogP contribution >= 0.6 is 0 Å². The van der Waals surface area contributed by atoms with Crippen molar-refractivity contribution >= 4 is 26.7 Å². The molecular formula is C24H23N5O3S. The highest BCUT2D eigenvalue weighted by molar-refractivity contribution is 7.89. The maximum absolute atomic E-state index is 13.2. The fourth-order valence-electron chi connectivity index (χ4n) is 4.01. The van der Waals surface area contributed by atoms with Crippen LogP contribution < -0.4 is 0 Å². The Hall–Kier alpha value is -3.56. The third kappa shape index (κ3) is 4.37. The van der Waals surface area contributed by atoms with Gasteiger partial charge in [-0.15, -0.1) is 5.10 Å². The molecule has 0 unspecified atom stereocenters. The van der Waals surface area contributed by atoms with Gasteiger partial charge in [0.25, 0.3) is 5.91 Å². The summed E-state index contributed by atoms with van der Waals surface area (Å²) in [5, 5.41) is 9.95. The molecule has 1 aliphatic heterocycles. The molecule has 5 rings (SSSR count). The maximum Gasteiger partial charge on any atom is 0.276 e. The number of sulfonamides is 1. The molecule has 0 radical (unpaired) electrons. The molecule has 1 fully saturated rings. The average Bonchev–Trinajstić information content (AvgIpc) is 3.32. The lowest BCUT2D eigenvalue weighted by atomic mass is 10.1. The van der Waals surface area contributed by atoms with Crippen molar-refractivity contribution in [3.63, 3.8) is 0 Å². The standard InChI is InChI=1S/C24H23N5O3S/c30-24(23-18-28(26-25-23)17-19-6-2-1-3-7-19)27-12-14-29(15-13-27)33(31,32)22-11-10-20-8-4-5-9-21(20)16-22/h1-11,16,18H,12-15,17H2. The molecule has 168 valence electrons. The summed E-state index contributed by atoms with van der Waals surface area (Å²) in [6.07, 6.45) is 1.63. The number of carbonyl (C=O) groups excluding carboxylic acids is 1. The molecular weight excluding hydrogens is 438 g/mol.